The number of nitrogens with zero attached hydrogens (tertiary/aromatic N) is 1. The zero-order valence-corrected chi connectivity index (χ0v) is 19.2. The van der Waals surface area contributed by atoms with Crippen LogP contribution in [0.4, 0.5) is 11.4 Å². The highest BCUT2D eigenvalue weighted by molar-refractivity contribution is 7.89. The third-order valence-corrected chi connectivity index (χ3v) is 8.41. The molecule has 0 radical (unpaired) electrons. The number of carbonyl (C=O) groups excluding carboxylic acids is 1. The molecular weight excluding hydrogens is 442 g/mol. The molecule has 32 heavy (non-hydrogen) atoms. The van der Waals surface area contributed by atoms with E-state index in [-0.39, 0.29) is 10.8 Å². The van der Waals surface area contributed by atoms with E-state index in [9.17, 15) is 13.2 Å². The molecule has 2 N–H and O–H groups in total. The van der Waals surface area contributed by atoms with Crippen LogP contribution >= 0.6 is 11.3 Å². The van der Waals surface area contributed by atoms with Crippen LogP contribution in [0.15, 0.2) is 64.9 Å². The van der Waals surface area contributed by atoms with Crippen LogP contribution in [0.5, 0.6) is 0 Å². The molecule has 1 amide bonds. The molecule has 1 aromatic heterocycles. The van der Waals surface area contributed by atoms with Crippen LogP contribution < -0.4 is 14.9 Å². The van der Waals surface area contributed by atoms with E-state index in [0.717, 1.165) is 38.0 Å². The molecule has 0 saturated heterocycles. The number of thiophene rings is 1. The van der Waals surface area contributed by atoms with Crippen molar-refractivity contribution in [3.05, 3.63) is 76.0 Å². The Kier molecular flexibility index (Phi) is 5.75. The van der Waals surface area contributed by atoms with Crippen molar-refractivity contribution >= 4 is 38.6 Å². The van der Waals surface area contributed by atoms with Crippen LogP contribution in [0.3, 0.4) is 0 Å². The summed E-state index contributed by atoms with van der Waals surface area (Å²) >= 11 is 1.82. The Bertz CT molecular complexity index is 1230. The minimum absolute atomic E-state index is 0.110. The molecule has 0 spiro atoms. The minimum Gasteiger partial charge on any atom is -0.367 e. The van der Waals surface area contributed by atoms with E-state index in [4.69, 9.17) is 0 Å². The van der Waals surface area contributed by atoms with Crippen molar-refractivity contribution in [2.45, 2.75) is 30.7 Å². The van der Waals surface area contributed by atoms with Gasteiger partial charge in [-0.1, -0.05) is 6.07 Å². The van der Waals surface area contributed by atoms with E-state index in [1.54, 1.807) is 12.1 Å². The van der Waals surface area contributed by atoms with Crippen LogP contribution in [0, 0.1) is 5.92 Å². The lowest BCUT2D eigenvalue weighted by Gasteiger charge is -2.29. The van der Waals surface area contributed by atoms with Gasteiger partial charge < -0.3 is 10.2 Å². The fourth-order valence-electron chi connectivity index (χ4n) is 3.87. The number of benzene rings is 2. The van der Waals surface area contributed by atoms with Crippen LogP contribution in [0.2, 0.25) is 0 Å². The molecule has 0 bridgehead atoms. The molecule has 166 valence electrons. The van der Waals surface area contributed by atoms with Crippen LogP contribution in [0.1, 0.15) is 33.6 Å². The second-order valence-corrected chi connectivity index (χ2v) is 11.1. The first kappa shape index (κ1) is 21.2. The highest BCUT2D eigenvalue weighted by Crippen LogP contribution is 2.29. The van der Waals surface area contributed by atoms with Crippen LogP contribution in [0.25, 0.3) is 0 Å². The number of rotatable bonds is 7. The van der Waals surface area contributed by atoms with Crippen molar-refractivity contribution in [3.63, 3.8) is 0 Å². The Labute approximate surface area is 192 Å². The van der Waals surface area contributed by atoms with E-state index in [1.165, 1.54) is 22.6 Å². The van der Waals surface area contributed by atoms with Gasteiger partial charge in [-0.25, -0.2) is 13.1 Å². The number of nitrogens with one attached hydrogen (secondary N) is 2. The number of carbonyl (C=O) groups is 1. The molecule has 2 heterocycles. The Morgan fingerprint density at radius 2 is 1.91 bits per heavy atom. The second-order valence-electron chi connectivity index (χ2n) is 8.36. The van der Waals surface area contributed by atoms with E-state index in [1.807, 2.05) is 35.6 Å². The molecule has 1 aliphatic heterocycles. The van der Waals surface area contributed by atoms with E-state index >= 15 is 0 Å². The second kappa shape index (κ2) is 8.69. The molecule has 0 unspecified atom stereocenters. The van der Waals surface area contributed by atoms with Gasteiger partial charge in [-0.2, -0.15) is 0 Å². The summed E-state index contributed by atoms with van der Waals surface area (Å²) in [6, 6.07) is 16.1. The monoisotopic (exact) mass is 467 g/mol. The maximum absolute atomic E-state index is 12.7. The Hall–Kier alpha value is -2.68. The number of fused-ring (bicyclic) bond motifs is 1. The Morgan fingerprint density at radius 1 is 1.09 bits per heavy atom. The zero-order valence-electron chi connectivity index (χ0n) is 17.6. The van der Waals surface area contributed by atoms with Crippen LogP contribution in [-0.4, -0.2) is 27.4 Å². The lowest BCUT2D eigenvalue weighted by atomic mass is 10.1. The summed E-state index contributed by atoms with van der Waals surface area (Å²) in [5.41, 5.74) is 3.49. The summed E-state index contributed by atoms with van der Waals surface area (Å²) < 4.78 is 27.6. The largest absolute Gasteiger partial charge is 0.367 e. The summed E-state index contributed by atoms with van der Waals surface area (Å²) in [5, 5.41) is 5.02. The van der Waals surface area contributed by atoms with Crippen molar-refractivity contribution < 1.29 is 13.2 Å². The maximum Gasteiger partial charge on any atom is 0.255 e. The van der Waals surface area contributed by atoms with Crippen molar-refractivity contribution in [1.29, 1.82) is 0 Å². The van der Waals surface area contributed by atoms with Gasteiger partial charge in [0, 0.05) is 41.4 Å². The number of hydrogen-bond donors (Lipinski definition) is 2. The third kappa shape index (κ3) is 4.72. The molecule has 5 rings (SSSR count). The standard InChI is InChI=1S/C24H25N3O3S2/c28-24(18-2-1-3-22(14-18)32(29,30)25-15-17-4-5-17)26-20-6-8-21(9-7-20)27-12-10-23-19(16-27)11-13-31-23/h1-3,6-9,11,13-14,17,25H,4-5,10,12,15-16H2,(H,26,28). The molecule has 8 heteroatoms. The maximum atomic E-state index is 12.7. The Morgan fingerprint density at radius 3 is 2.69 bits per heavy atom. The van der Waals surface area contributed by atoms with Gasteiger partial charge in [-0.15, -0.1) is 11.3 Å². The highest BCUT2D eigenvalue weighted by Gasteiger charge is 2.24. The van der Waals surface area contributed by atoms with Gasteiger partial charge in [0.15, 0.2) is 0 Å². The fraction of sp³-hybridized carbons (Fsp3) is 0.292. The molecule has 1 aliphatic carbocycles. The summed E-state index contributed by atoms with van der Waals surface area (Å²) in [4.78, 5) is 16.6. The van der Waals surface area contributed by atoms with Crippen molar-refractivity contribution in [1.82, 2.24) is 4.72 Å². The van der Waals surface area contributed by atoms with Gasteiger partial charge in [-0.3, -0.25) is 4.79 Å². The van der Waals surface area contributed by atoms with Crippen molar-refractivity contribution in [3.8, 4) is 0 Å². The minimum atomic E-state index is -3.61. The summed E-state index contributed by atoms with van der Waals surface area (Å²) in [5.74, 6) is 0.106. The number of hydrogen-bond acceptors (Lipinski definition) is 5. The zero-order chi connectivity index (χ0) is 22.1. The van der Waals surface area contributed by atoms with Gasteiger partial charge in [0.05, 0.1) is 4.90 Å². The number of amides is 1. The highest BCUT2D eigenvalue weighted by atomic mass is 32.2. The predicted molar refractivity (Wildman–Crippen MR) is 128 cm³/mol. The molecular formula is C24H25N3O3S2. The molecule has 2 aliphatic rings. The molecule has 3 aromatic rings. The van der Waals surface area contributed by atoms with Gasteiger partial charge in [-0.05, 0) is 84.7 Å². The fourth-order valence-corrected chi connectivity index (χ4v) is 5.92. The topological polar surface area (TPSA) is 78.5 Å². The average Bonchev–Trinajstić information content (AvgIpc) is 3.53. The van der Waals surface area contributed by atoms with Crippen LogP contribution in [-0.2, 0) is 23.0 Å². The van der Waals surface area contributed by atoms with Gasteiger partial charge in [0.25, 0.3) is 5.91 Å². The van der Waals surface area contributed by atoms with E-state index in [2.05, 4.69) is 26.4 Å². The predicted octanol–water partition coefficient (Wildman–Crippen LogP) is 4.25. The summed E-state index contributed by atoms with van der Waals surface area (Å²) in [6.07, 6.45) is 3.19. The van der Waals surface area contributed by atoms with Gasteiger partial charge >= 0.3 is 0 Å². The van der Waals surface area contributed by atoms with E-state index in [0.29, 0.717) is 23.7 Å². The number of anilines is 2. The molecule has 2 aromatic carbocycles. The van der Waals surface area contributed by atoms with Crippen molar-refractivity contribution in [2.24, 2.45) is 5.92 Å². The third-order valence-electron chi connectivity index (χ3n) is 5.96. The van der Waals surface area contributed by atoms with Gasteiger partial charge in [0.2, 0.25) is 10.0 Å². The SMILES string of the molecule is O=C(Nc1ccc(N2CCc3sccc3C2)cc1)c1cccc(S(=O)(=O)NCC2CC2)c1. The van der Waals surface area contributed by atoms with Crippen molar-refractivity contribution in [2.75, 3.05) is 23.3 Å². The molecule has 6 nitrogen and oxygen atoms in total. The van der Waals surface area contributed by atoms with Gasteiger partial charge in [0.1, 0.15) is 0 Å². The molecule has 0 atom stereocenters. The quantitative estimate of drug-likeness (QED) is 0.545. The Balaban J connectivity index is 1.24. The number of sulfonamides is 1. The summed E-state index contributed by atoms with van der Waals surface area (Å²) in [6.45, 7) is 2.34. The summed E-state index contributed by atoms with van der Waals surface area (Å²) in [7, 11) is -3.61. The normalized spacial score (nSPS) is 15.9. The first-order valence-electron chi connectivity index (χ1n) is 10.8. The first-order chi connectivity index (χ1) is 15.5. The first-order valence-corrected chi connectivity index (χ1v) is 13.2. The lowest BCUT2D eigenvalue weighted by Crippen LogP contribution is -2.29. The smallest absolute Gasteiger partial charge is 0.255 e. The van der Waals surface area contributed by atoms with E-state index < -0.39 is 10.0 Å². The average molecular weight is 468 g/mol. The molecule has 1 saturated carbocycles. The lowest BCUT2D eigenvalue weighted by molar-refractivity contribution is 0.102. The molecule has 1 fully saturated rings.